The normalized spacial score (nSPS) is 13.3. The third kappa shape index (κ3) is 1.75. The van der Waals surface area contributed by atoms with Gasteiger partial charge in [-0.25, -0.2) is 4.79 Å². The minimum Gasteiger partial charge on any atom is -0.486 e. The second-order valence-corrected chi connectivity index (χ2v) is 3.58. The second-order valence-electron chi connectivity index (χ2n) is 3.58. The van der Waals surface area contributed by atoms with Gasteiger partial charge in [-0.3, -0.25) is 0 Å². The molecule has 1 aromatic heterocycles. The summed E-state index contributed by atoms with van der Waals surface area (Å²) in [6.07, 6.45) is 0. The van der Waals surface area contributed by atoms with Gasteiger partial charge in [-0.2, -0.15) is 0 Å². The van der Waals surface area contributed by atoms with E-state index in [1.54, 1.807) is 18.2 Å². The van der Waals surface area contributed by atoms with Crippen molar-refractivity contribution in [1.29, 1.82) is 0 Å². The van der Waals surface area contributed by atoms with Crippen LogP contribution < -0.4 is 9.47 Å². The molecule has 0 amide bonds. The van der Waals surface area contributed by atoms with Crippen LogP contribution in [-0.2, 0) is 0 Å². The molecule has 18 heavy (non-hydrogen) atoms. The summed E-state index contributed by atoms with van der Waals surface area (Å²) in [5.41, 5.74) is 0.583. The number of benzene rings is 1. The van der Waals surface area contributed by atoms with Crippen LogP contribution in [0.4, 0.5) is 0 Å². The highest BCUT2D eigenvalue weighted by Crippen LogP contribution is 2.33. The van der Waals surface area contributed by atoms with Crippen LogP contribution in [0.15, 0.2) is 22.6 Å². The predicted molar refractivity (Wildman–Crippen MR) is 57.7 cm³/mol. The van der Waals surface area contributed by atoms with Gasteiger partial charge in [0.1, 0.15) is 13.2 Å². The second kappa shape index (κ2) is 4.02. The van der Waals surface area contributed by atoms with Crippen molar-refractivity contribution in [2.45, 2.75) is 0 Å². The first-order chi connectivity index (χ1) is 8.74. The number of hydrogen-bond acceptors (Lipinski definition) is 6. The third-order valence-electron chi connectivity index (χ3n) is 2.40. The van der Waals surface area contributed by atoms with E-state index < -0.39 is 11.9 Å². The van der Waals surface area contributed by atoms with Crippen molar-refractivity contribution in [2.24, 2.45) is 0 Å². The Hall–Kier alpha value is -2.57. The Balaban J connectivity index is 1.98. The molecule has 1 aliphatic rings. The largest absolute Gasteiger partial charge is 0.486 e. The molecule has 7 nitrogen and oxygen atoms in total. The van der Waals surface area contributed by atoms with Crippen molar-refractivity contribution < 1.29 is 23.8 Å². The van der Waals surface area contributed by atoms with E-state index in [-0.39, 0.29) is 5.89 Å². The molecule has 0 saturated heterocycles. The summed E-state index contributed by atoms with van der Waals surface area (Å²) in [6, 6.07) is 5.09. The van der Waals surface area contributed by atoms with Crippen LogP contribution in [-0.4, -0.2) is 34.5 Å². The van der Waals surface area contributed by atoms with Gasteiger partial charge < -0.3 is 19.0 Å². The van der Waals surface area contributed by atoms with Gasteiger partial charge in [0.15, 0.2) is 11.5 Å². The molecule has 0 unspecified atom stereocenters. The molecular weight excluding hydrogens is 240 g/mol. The molecule has 2 aromatic rings. The maximum Gasteiger partial charge on any atom is 0.393 e. The third-order valence-corrected chi connectivity index (χ3v) is 2.40. The molecule has 92 valence electrons. The lowest BCUT2D eigenvalue weighted by atomic mass is 10.2. The predicted octanol–water partition coefficient (Wildman–Crippen LogP) is 1.21. The van der Waals surface area contributed by atoms with Crippen molar-refractivity contribution >= 4 is 5.97 Å². The molecule has 0 saturated carbocycles. The number of carbonyl (C=O) groups is 1. The first-order valence-corrected chi connectivity index (χ1v) is 5.21. The monoisotopic (exact) mass is 248 g/mol. The Bertz CT molecular complexity index is 607. The van der Waals surface area contributed by atoms with Crippen LogP contribution >= 0.6 is 0 Å². The maximum absolute atomic E-state index is 10.6. The number of aromatic carboxylic acids is 1. The molecule has 2 heterocycles. The zero-order valence-corrected chi connectivity index (χ0v) is 9.12. The molecule has 0 bridgehead atoms. The topological polar surface area (TPSA) is 94.7 Å². The SMILES string of the molecule is O=C(O)c1nnc(-c2ccc3c(c2)OCCO3)o1. The minimum atomic E-state index is -1.26. The molecule has 0 fully saturated rings. The molecule has 1 aromatic carbocycles. The molecule has 7 heteroatoms. The molecule has 1 N–H and O–H groups in total. The number of fused-ring (bicyclic) bond motifs is 1. The highest BCUT2D eigenvalue weighted by Gasteiger charge is 2.17. The quantitative estimate of drug-likeness (QED) is 0.853. The van der Waals surface area contributed by atoms with E-state index in [0.29, 0.717) is 30.3 Å². The van der Waals surface area contributed by atoms with Gasteiger partial charge >= 0.3 is 11.9 Å². The summed E-state index contributed by atoms with van der Waals surface area (Å²) in [5.74, 6) is -0.354. The van der Waals surface area contributed by atoms with Gasteiger partial charge in [0.25, 0.3) is 0 Å². The first-order valence-electron chi connectivity index (χ1n) is 5.21. The number of hydrogen-bond donors (Lipinski definition) is 1. The number of carboxylic acids is 1. The number of rotatable bonds is 2. The molecule has 3 rings (SSSR count). The van der Waals surface area contributed by atoms with Crippen LogP contribution in [0.25, 0.3) is 11.5 Å². The minimum absolute atomic E-state index is 0.129. The number of aromatic nitrogens is 2. The summed E-state index contributed by atoms with van der Waals surface area (Å²) in [7, 11) is 0. The Labute approximate surface area is 101 Å². The van der Waals surface area contributed by atoms with E-state index in [0.717, 1.165) is 0 Å². The van der Waals surface area contributed by atoms with E-state index in [1.807, 2.05) is 0 Å². The van der Waals surface area contributed by atoms with Crippen LogP contribution in [0, 0.1) is 0 Å². The first kappa shape index (κ1) is 10.6. The Kier molecular flexibility index (Phi) is 2.36. The van der Waals surface area contributed by atoms with Gasteiger partial charge in [-0.05, 0) is 18.2 Å². The fraction of sp³-hybridized carbons (Fsp3) is 0.182. The van der Waals surface area contributed by atoms with Crippen molar-refractivity contribution in [3.05, 3.63) is 24.1 Å². The fourth-order valence-corrected chi connectivity index (χ4v) is 1.60. The highest BCUT2D eigenvalue weighted by atomic mass is 16.6. The number of carboxylic acid groups (broad SMARTS) is 1. The molecule has 0 atom stereocenters. The zero-order chi connectivity index (χ0) is 12.5. The van der Waals surface area contributed by atoms with E-state index >= 15 is 0 Å². The summed E-state index contributed by atoms with van der Waals surface area (Å²) in [6.45, 7) is 0.983. The van der Waals surface area contributed by atoms with Crippen LogP contribution in [0.5, 0.6) is 11.5 Å². The van der Waals surface area contributed by atoms with Crippen LogP contribution in [0.2, 0.25) is 0 Å². The van der Waals surface area contributed by atoms with Crippen molar-refractivity contribution in [3.8, 4) is 23.0 Å². The average Bonchev–Trinajstić information content (AvgIpc) is 2.88. The molecule has 0 radical (unpaired) electrons. The smallest absolute Gasteiger partial charge is 0.393 e. The van der Waals surface area contributed by atoms with Crippen molar-refractivity contribution in [3.63, 3.8) is 0 Å². The van der Waals surface area contributed by atoms with Crippen molar-refractivity contribution in [1.82, 2.24) is 10.2 Å². The van der Waals surface area contributed by atoms with E-state index in [2.05, 4.69) is 10.2 Å². The molecule has 1 aliphatic heterocycles. The Morgan fingerprint density at radius 2 is 1.94 bits per heavy atom. The summed E-state index contributed by atoms with van der Waals surface area (Å²) in [4.78, 5) is 10.6. The van der Waals surface area contributed by atoms with Gasteiger partial charge in [0.2, 0.25) is 5.89 Å². The van der Waals surface area contributed by atoms with Crippen molar-refractivity contribution in [2.75, 3.05) is 13.2 Å². The lowest BCUT2D eigenvalue weighted by Crippen LogP contribution is -2.15. The highest BCUT2D eigenvalue weighted by molar-refractivity contribution is 5.82. The zero-order valence-electron chi connectivity index (χ0n) is 9.12. The lowest BCUT2D eigenvalue weighted by molar-refractivity contribution is 0.0654. The molecular formula is C11H8N2O5. The molecule has 0 spiro atoms. The Morgan fingerprint density at radius 3 is 2.67 bits per heavy atom. The van der Waals surface area contributed by atoms with E-state index in [4.69, 9.17) is 19.0 Å². The number of ether oxygens (including phenoxy) is 2. The lowest BCUT2D eigenvalue weighted by Gasteiger charge is -2.18. The maximum atomic E-state index is 10.6. The van der Waals surface area contributed by atoms with Gasteiger partial charge in [0.05, 0.1) is 0 Å². The van der Waals surface area contributed by atoms with Crippen LogP contribution in [0.3, 0.4) is 0 Å². The van der Waals surface area contributed by atoms with Gasteiger partial charge in [-0.15, -0.1) is 10.2 Å². The van der Waals surface area contributed by atoms with Gasteiger partial charge in [-0.1, -0.05) is 0 Å². The summed E-state index contributed by atoms with van der Waals surface area (Å²) in [5, 5.41) is 15.8. The van der Waals surface area contributed by atoms with Crippen LogP contribution in [0.1, 0.15) is 10.7 Å². The standard InChI is InChI=1S/C11H8N2O5/c14-11(15)10-13-12-9(18-10)6-1-2-7-8(5-6)17-4-3-16-7/h1-2,5H,3-4H2,(H,14,15). The summed E-state index contributed by atoms with van der Waals surface area (Å²) >= 11 is 0. The fourth-order valence-electron chi connectivity index (χ4n) is 1.60. The number of nitrogens with zero attached hydrogens (tertiary/aromatic N) is 2. The summed E-state index contributed by atoms with van der Waals surface area (Å²) < 4.78 is 15.8. The van der Waals surface area contributed by atoms with E-state index in [1.165, 1.54) is 0 Å². The molecule has 0 aliphatic carbocycles. The average molecular weight is 248 g/mol. The van der Waals surface area contributed by atoms with E-state index in [9.17, 15) is 4.79 Å². The van der Waals surface area contributed by atoms with Gasteiger partial charge in [0, 0.05) is 5.56 Å². The Morgan fingerprint density at radius 1 is 1.17 bits per heavy atom.